The van der Waals surface area contributed by atoms with Crippen LogP contribution in [0.4, 0.5) is 0 Å². The average molecular weight is 463 g/mol. The highest BCUT2D eigenvalue weighted by molar-refractivity contribution is 7.80. The van der Waals surface area contributed by atoms with Gasteiger partial charge in [0.2, 0.25) is 0 Å². The molecule has 1 saturated heterocycles. The highest BCUT2D eigenvalue weighted by Crippen LogP contribution is 2.41. The van der Waals surface area contributed by atoms with Crippen molar-refractivity contribution >= 4 is 23.3 Å². The Bertz CT molecular complexity index is 1160. The lowest BCUT2D eigenvalue weighted by Gasteiger charge is -2.28. The Balaban J connectivity index is 1.76. The third kappa shape index (κ3) is 4.50. The van der Waals surface area contributed by atoms with Gasteiger partial charge in [-0.1, -0.05) is 24.3 Å². The molecule has 3 aromatic rings. The van der Waals surface area contributed by atoms with Crippen LogP contribution in [0.15, 0.2) is 54.7 Å². The molecule has 2 aromatic heterocycles. The molecule has 0 bridgehead atoms. The van der Waals surface area contributed by atoms with E-state index in [0.717, 1.165) is 5.69 Å². The van der Waals surface area contributed by atoms with Gasteiger partial charge in [0.1, 0.15) is 0 Å². The summed E-state index contributed by atoms with van der Waals surface area (Å²) in [5, 5.41) is 4.18. The molecule has 0 unspecified atom stereocenters. The second kappa shape index (κ2) is 9.75. The van der Waals surface area contributed by atoms with Gasteiger partial charge < -0.3 is 19.5 Å². The molecule has 6 nitrogen and oxygen atoms in total. The number of thiocarbonyl (C=S) groups is 1. The number of esters is 1. The van der Waals surface area contributed by atoms with Crippen LogP contribution in [-0.2, 0) is 9.53 Å². The molecular formula is C26H30N4O2S. The Morgan fingerprint density at radius 2 is 1.91 bits per heavy atom. The number of nitrogens with one attached hydrogen (secondary N) is 1. The van der Waals surface area contributed by atoms with Crippen molar-refractivity contribution in [3.8, 4) is 5.69 Å². The molecule has 7 heteroatoms. The lowest BCUT2D eigenvalue weighted by Crippen LogP contribution is -2.31. The topological polar surface area (TPSA) is 59.4 Å². The number of pyridine rings is 1. The largest absolute Gasteiger partial charge is 0.469 e. The first-order chi connectivity index (χ1) is 15.9. The van der Waals surface area contributed by atoms with E-state index in [0.29, 0.717) is 24.5 Å². The zero-order valence-electron chi connectivity index (χ0n) is 19.5. The van der Waals surface area contributed by atoms with Crippen molar-refractivity contribution in [1.29, 1.82) is 0 Å². The Morgan fingerprint density at radius 3 is 2.61 bits per heavy atom. The fourth-order valence-electron chi connectivity index (χ4n) is 4.75. The number of nitrogens with zero attached hydrogens (tertiary/aromatic N) is 3. The fourth-order valence-corrected chi connectivity index (χ4v) is 5.08. The van der Waals surface area contributed by atoms with Crippen LogP contribution >= 0.6 is 12.2 Å². The summed E-state index contributed by atoms with van der Waals surface area (Å²) >= 11 is 5.76. The van der Waals surface area contributed by atoms with Crippen LogP contribution in [0.1, 0.15) is 53.1 Å². The molecule has 1 aromatic carbocycles. The molecule has 1 aliphatic rings. The van der Waals surface area contributed by atoms with E-state index >= 15 is 0 Å². The van der Waals surface area contributed by atoms with E-state index < -0.39 is 0 Å². The van der Waals surface area contributed by atoms with E-state index in [-0.39, 0.29) is 18.1 Å². The first kappa shape index (κ1) is 23.0. The maximum atomic E-state index is 11.7. The van der Waals surface area contributed by atoms with Crippen LogP contribution in [0.25, 0.3) is 5.69 Å². The zero-order valence-corrected chi connectivity index (χ0v) is 20.4. The molecule has 1 aliphatic heterocycles. The first-order valence-corrected chi connectivity index (χ1v) is 11.6. The van der Waals surface area contributed by atoms with Crippen LogP contribution in [0.3, 0.4) is 0 Å². The minimum Gasteiger partial charge on any atom is -0.469 e. The molecule has 3 heterocycles. The number of aromatic nitrogens is 2. The van der Waals surface area contributed by atoms with Gasteiger partial charge in [-0.2, -0.15) is 0 Å². The molecule has 33 heavy (non-hydrogen) atoms. The Labute approximate surface area is 200 Å². The molecule has 0 amide bonds. The van der Waals surface area contributed by atoms with Crippen LogP contribution in [-0.4, -0.2) is 39.2 Å². The molecule has 0 saturated carbocycles. The third-order valence-electron chi connectivity index (χ3n) is 6.35. The Kier molecular flexibility index (Phi) is 6.79. The van der Waals surface area contributed by atoms with E-state index in [9.17, 15) is 4.79 Å². The fraction of sp³-hybridized carbons (Fsp3) is 0.346. The predicted molar refractivity (Wildman–Crippen MR) is 133 cm³/mol. The lowest BCUT2D eigenvalue weighted by atomic mass is 9.96. The number of carbonyl (C=O) groups excluding carboxylic acids is 1. The van der Waals surface area contributed by atoms with Gasteiger partial charge in [-0.05, 0) is 74.8 Å². The SMILES string of the molecule is COC(=O)CCCN1C(=S)N[C@@H](c2ccccn2)[C@@H]1c1cc(C)n(-c2ccccc2C)c1C. The molecule has 0 radical (unpaired) electrons. The summed E-state index contributed by atoms with van der Waals surface area (Å²) in [5.41, 5.74) is 6.90. The number of methoxy groups -OCH3 is 1. The summed E-state index contributed by atoms with van der Waals surface area (Å²) in [6.45, 7) is 7.10. The summed E-state index contributed by atoms with van der Waals surface area (Å²) in [5.74, 6) is -0.205. The number of aryl methyl sites for hydroxylation is 2. The summed E-state index contributed by atoms with van der Waals surface area (Å²) in [4.78, 5) is 18.5. The van der Waals surface area contributed by atoms with Gasteiger partial charge in [-0.15, -0.1) is 0 Å². The smallest absolute Gasteiger partial charge is 0.305 e. The first-order valence-electron chi connectivity index (χ1n) is 11.2. The van der Waals surface area contributed by atoms with Gasteiger partial charge in [0, 0.05) is 36.2 Å². The molecule has 1 N–H and O–H groups in total. The van der Waals surface area contributed by atoms with Crippen molar-refractivity contribution in [3.05, 3.63) is 82.9 Å². The van der Waals surface area contributed by atoms with Gasteiger partial charge in [0.25, 0.3) is 0 Å². The minimum atomic E-state index is -0.205. The summed E-state index contributed by atoms with van der Waals surface area (Å²) in [6, 6.07) is 16.5. The second-order valence-corrected chi connectivity index (χ2v) is 8.83. The van der Waals surface area contributed by atoms with E-state index in [4.69, 9.17) is 17.0 Å². The molecule has 1 fully saturated rings. The number of benzene rings is 1. The number of rotatable bonds is 7. The summed E-state index contributed by atoms with van der Waals surface area (Å²) in [7, 11) is 1.42. The van der Waals surface area contributed by atoms with Crippen LogP contribution in [0.5, 0.6) is 0 Å². The van der Waals surface area contributed by atoms with Crippen molar-refractivity contribution in [2.24, 2.45) is 0 Å². The van der Waals surface area contributed by atoms with E-state index in [2.05, 4.69) is 70.9 Å². The minimum absolute atomic E-state index is 0.0333. The maximum absolute atomic E-state index is 11.7. The van der Waals surface area contributed by atoms with Crippen molar-refractivity contribution in [2.75, 3.05) is 13.7 Å². The quantitative estimate of drug-likeness (QED) is 0.405. The monoisotopic (exact) mass is 462 g/mol. The molecular weight excluding hydrogens is 432 g/mol. The molecule has 2 atom stereocenters. The second-order valence-electron chi connectivity index (χ2n) is 8.45. The Hall–Kier alpha value is -3.19. The average Bonchev–Trinajstić information content (AvgIpc) is 3.30. The van der Waals surface area contributed by atoms with E-state index in [1.54, 1.807) is 0 Å². The Morgan fingerprint density at radius 1 is 1.15 bits per heavy atom. The molecule has 4 rings (SSSR count). The maximum Gasteiger partial charge on any atom is 0.305 e. The molecule has 0 aliphatic carbocycles. The van der Waals surface area contributed by atoms with Gasteiger partial charge >= 0.3 is 5.97 Å². The number of hydrogen-bond donors (Lipinski definition) is 1. The lowest BCUT2D eigenvalue weighted by molar-refractivity contribution is -0.140. The summed E-state index contributed by atoms with van der Waals surface area (Å²) < 4.78 is 7.14. The zero-order chi connectivity index (χ0) is 23.5. The summed E-state index contributed by atoms with van der Waals surface area (Å²) in [6.07, 6.45) is 2.84. The highest BCUT2D eigenvalue weighted by Gasteiger charge is 2.41. The van der Waals surface area contributed by atoms with Crippen LogP contribution in [0, 0.1) is 20.8 Å². The van der Waals surface area contributed by atoms with Gasteiger partial charge in [-0.25, -0.2) is 0 Å². The standard InChI is InChI=1S/C26H30N4O2S/c1-17-10-5-6-12-22(17)30-18(2)16-20(19(30)3)25-24(21-11-7-8-14-27-21)28-26(33)29(25)15-9-13-23(31)32-4/h5-8,10-12,14,16,24-25H,9,13,15H2,1-4H3,(H,28,33)/t24-,25-/m0/s1. The number of carbonyl (C=O) groups is 1. The predicted octanol–water partition coefficient (Wildman–Crippen LogP) is 4.72. The molecule has 172 valence electrons. The van der Waals surface area contributed by atoms with Crippen molar-refractivity contribution in [3.63, 3.8) is 0 Å². The van der Waals surface area contributed by atoms with Gasteiger partial charge in [0.15, 0.2) is 5.11 Å². The van der Waals surface area contributed by atoms with E-state index in [1.807, 2.05) is 24.4 Å². The normalized spacial score (nSPS) is 17.8. The highest BCUT2D eigenvalue weighted by atomic mass is 32.1. The van der Waals surface area contributed by atoms with Crippen molar-refractivity contribution < 1.29 is 9.53 Å². The van der Waals surface area contributed by atoms with Gasteiger partial charge in [0.05, 0.1) is 24.9 Å². The number of para-hydroxylation sites is 1. The number of ether oxygens (including phenoxy) is 1. The van der Waals surface area contributed by atoms with Gasteiger partial charge in [-0.3, -0.25) is 9.78 Å². The van der Waals surface area contributed by atoms with Crippen molar-refractivity contribution in [2.45, 2.75) is 45.7 Å². The van der Waals surface area contributed by atoms with Crippen LogP contribution in [0.2, 0.25) is 0 Å². The third-order valence-corrected chi connectivity index (χ3v) is 6.70. The van der Waals surface area contributed by atoms with Crippen molar-refractivity contribution in [1.82, 2.24) is 19.8 Å². The molecule has 0 spiro atoms. The number of hydrogen-bond acceptors (Lipinski definition) is 4. The van der Waals surface area contributed by atoms with Crippen LogP contribution < -0.4 is 5.32 Å². The van der Waals surface area contributed by atoms with E-state index in [1.165, 1.54) is 35.3 Å².